The molecule has 8 heteroatoms. The van der Waals surface area contributed by atoms with Crippen LogP contribution in [0, 0.1) is 0 Å². The summed E-state index contributed by atoms with van der Waals surface area (Å²) in [5.41, 5.74) is -0.0301. The predicted octanol–water partition coefficient (Wildman–Crippen LogP) is 1.44. The first kappa shape index (κ1) is 15.9. The van der Waals surface area contributed by atoms with E-state index in [1.165, 1.54) is 4.57 Å². The smallest absolute Gasteiger partial charge is 0.255 e. The number of hydrogen-bond donors (Lipinski definition) is 0. The Morgan fingerprint density at radius 2 is 1.87 bits per heavy atom. The molecular formula is C15H19BrN6O. The summed E-state index contributed by atoms with van der Waals surface area (Å²) < 4.78 is 2.36. The predicted molar refractivity (Wildman–Crippen MR) is 92.8 cm³/mol. The molecule has 0 amide bonds. The zero-order valence-electron chi connectivity index (χ0n) is 13.2. The first-order valence-electron chi connectivity index (χ1n) is 7.52. The molecule has 0 bridgehead atoms. The Kier molecular flexibility index (Phi) is 4.61. The fourth-order valence-corrected chi connectivity index (χ4v) is 2.96. The molecule has 1 fully saturated rings. The Balaban J connectivity index is 1.64. The minimum Gasteiger partial charge on any atom is -0.356 e. The number of aromatic nitrogens is 4. The van der Waals surface area contributed by atoms with Crippen LogP contribution in [0.5, 0.6) is 0 Å². The highest BCUT2D eigenvalue weighted by Crippen LogP contribution is 2.22. The van der Waals surface area contributed by atoms with Crippen molar-refractivity contribution >= 4 is 27.7 Å². The molecule has 1 aliphatic heterocycles. The number of anilines is 2. The molecular weight excluding hydrogens is 360 g/mol. The number of piperidine rings is 1. The van der Waals surface area contributed by atoms with Gasteiger partial charge in [-0.15, -0.1) is 0 Å². The summed E-state index contributed by atoms with van der Waals surface area (Å²) in [6.07, 6.45) is 7.06. The fraction of sp³-hybridized carbons (Fsp3) is 0.467. The van der Waals surface area contributed by atoms with Crippen LogP contribution in [0.15, 0.2) is 34.1 Å². The van der Waals surface area contributed by atoms with E-state index in [4.69, 9.17) is 0 Å². The van der Waals surface area contributed by atoms with E-state index in [0.717, 1.165) is 42.2 Å². The van der Waals surface area contributed by atoms with Crippen LogP contribution in [0.3, 0.4) is 0 Å². The zero-order chi connectivity index (χ0) is 16.4. The summed E-state index contributed by atoms with van der Waals surface area (Å²) in [4.78, 5) is 29.1. The second-order valence-electron chi connectivity index (χ2n) is 5.73. The summed E-state index contributed by atoms with van der Waals surface area (Å²) in [5, 5.41) is 0. The lowest BCUT2D eigenvalue weighted by Gasteiger charge is -2.37. The highest BCUT2D eigenvalue weighted by atomic mass is 79.9. The van der Waals surface area contributed by atoms with E-state index in [2.05, 4.69) is 40.7 Å². The molecule has 0 unspecified atom stereocenters. The lowest BCUT2D eigenvalue weighted by Crippen LogP contribution is -2.44. The van der Waals surface area contributed by atoms with Crippen molar-refractivity contribution in [3.05, 3.63) is 39.6 Å². The number of hydrogen-bond acceptors (Lipinski definition) is 6. The van der Waals surface area contributed by atoms with Gasteiger partial charge in [0.25, 0.3) is 5.56 Å². The average molecular weight is 379 g/mol. The Hall–Kier alpha value is -1.96. The number of nitrogens with zero attached hydrogens (tertiary/aromatic N) is 6. The molecule has 0 atom stereocenters. The second kappa shape index (κ2) is 6.66. The molecule has 0 radical (unpaired) electrons. The SMILES string of the molecule is CN(c1ncc(Br)cn1)C1CCN(c2cc(=O)n(C)cn2)CC1. The molecule has 122 valence electrons. The molecule has 3 rings (SSSR count). The Morgan fingerprint density at radius 3 is 2.48 bits per heavy atom. The van der Waals surface area contributed by atoms with Gasteiger partial charge in [-0.1, -0.05) is 0 Å². The molecule has 3 heterocycles. The van der Waals surface area contributed by atoms with E-state index >= 15 is 0 Å². The van der Waals surface area contributed by atoms with Gasteiger partial charge in [0.2, 0.25) is 5.95 Å². The maximum absolute atomic E-state index is 11.7. The zero-order valence-corrected chi connectivity index (χ0v) is 14.8. The molecule has 0 aliphatic carbocycles. The monoisotopic (exact) mass is 378 g/mol. The van der Waals surface area contributed by atoms with Crippen molar-refractivity contribution in [3.63, 3.8) is 0 Å². The van der Waals surface area contributed by atoms with Crippen molar-refractivity contribution in [3.8, 4) is 0 Å². The van der Waals surface area contributed by atoms with Crippen molar-refractivity contribution in [2.45, 2.75) is 18.9 Å². The Morgan fingerprint density at radius 1 is 1.22 bits per heavy atom. The summed E-state index contributed by atoms with van der Waals surface area (Å²) in [6, 6.07) is 1.99. The maximum atomic E-state index is 11.7. The minimum absolute atomic E-state index is 0.0301. The van der Waals surface area contributed by atoms with Crippen LogP contribution in [0.25, 0.3) is 0 Å². The van der Waals surface area contributed by atoms with Gasteiger partial charge >= 0.3 is 0 Å². The molecule has 7 nitrogen and oxygen atoms in total. The molecule has 1 aliphatic rings. The first-order chi connectivity index (χ1) is 11.0. The van der Waals surface area contributed by atoms with Gasteiger partial charge in [0.15, 0.2) is 0 Å². The van der Waals surface area contributed by atoms with E-state index in [9.17, 15) is 4.79 Å². The van der Waals surface area contributed by atoms with Crippen molar-refractivity contribution in [1.29, 1.82) is 0 Å². The molecule has 2 aromatic heterocycles. The Bertz CT molecular complexity index is 723. The van der Waals surface area contributed by atoms with Crippen LogP contribution in [0.4, 0.5) is 11.8 Å². The van der Waals surface area contributed by atoms with Crippen LogP contribution in [0.1, 0.15) is 12.8 Å². The van der Waals surface area contributed by atoms with Gasteiger partial charge in [-0.2, -0.15) is 0 Å². The topological polar surface area (TPSA) is 67.2 Å². The molecule has 0 N–H and O–H groups in total. The molecule has 0 spiro atoms. The third kappa shape index (κ3) is 3.52. The van der Waals surface area contributed by atoms with Gasteiger partial charge in [0.05, 0.1) is 10.8 Å². The first-order valence-corrected chi connectivity index (χ1v) is 8.32. The lowest BCUT2D eigenvalue weighted by molar-refractivity contribution is 0.475. The van der Waals surface area contributed by atoms with Gasteiger partial charge in [-0.25, -0.2) is 15.0 Å². The summed E-state index contributed by atoms with van der Waals surface area (Å²) >= 11 is 3.35. The molecule has 23 heavy (non-hydrogen) atoms. The van der Waals surface area contributed by atoms with Crippen LogP contribution in [0.2, 0.25) is 0 Å². The van der Waals surface area contributed by atoms with E-state index in [0.29, 0.717) is 6.04 Å². The van der Waals surface area contributed by atoms with E-state index in [1.807, 2.05) is 7.05 Å². The van der Waals surface area contributed by atoms with E-state index < -0.39 is 0 Å². The third-order valence-electron chi connectivity index (χ3n) is 4.22. The third-order valence-corrected chi connectivity index (χ3v) is 4.63. The van der Waals surface area contributed by atoms with Gasteiger partial charge in [-0.05, 0) is 28.8 Å². The molecule has 1 saturated heterocycles. The molecule has 2 aromatic rings. The highest BCUT2D eigenvalue weighted by molar-refractivity contribution is 9.10. The van der Waals surface area contributed by atoms with Crippen LogP contribution >= 0.6 is 15.9 Å². The number of halogens is 1. The standard InChI is InChI=1S/C15H19BrN6O/c1-20-10-19-13(7-14(20)23)22-5-3-12(4-6-22)21(2)15-17-8-11(16)9-18-15/h7-10,12H,3-6H2,1-2H3. The van der Waals surface area contributed by atoms with Crippen LogP contribution in [-0.2, 0) is 7.05 Å². The van der Waals surface area contributed by atoms with Gasteiger partial charge in [0, 0.05) is 51.7 Å². The van der Waals surface area contributed by atoms with Gasteiger partial charge in [-0.3, -0.25) is 4.79 Å². The maximum Gasteiger partial charge on any atom is 0.255 e. The van der Waals surface area contributed by atoms with Gasteiger partial charge < -0.3 is 14.4 Å². The summed E-state index contributed by atoms with van der Waals surface area (Å²) in [7, 11) is 3.73. The summed E-state index contributed by atoms with van der Waals surface area (Å²) in [5.74, 6) is 1.49. The Labute approximate surface area is 143 Å². The normalized spacial score (nSPS) is 15.7. The lowest BCUT2D eigenvalue weighted by atomic mass is 10.0. The number of aryl methyl sites for hydroxylation is 1. The number of rotatable bonds is 3. The highest BCUT2D eigenvalue weighted by Gasteiger charge is 2.24. The van der Waals surface area contributed by atoms with Crippen molar-refractivity contribution in [2.75, 3.05) is 29.9 Å². The van der Waals surface area contributed by atoms with Crippen LogP contribution in [-0.4, -0.2) is 45.7 Å². The molecule has 0 saturated carbocycles. The van der Waals surface area contributed by atoms with Crippen molar-refractivity contribution in [1.82, 2.24) is 19.5 Å². The van der Waals surface area contributed by atoms with Crippen LogP contribution < -0.4 is 15.4 Å². The largest absolute Gasteiger partial charge is 0.356 e. The quantitative estimate of drug-likeness (QED) is 0.804. The summed E-state index contributed by atoms with van der Waals surface area (Å²) in [6.45, 7) is 1.73. The van der Waals surface area contributed by atoms with E-state index in [1.54, 1.807) is 31.8 Å². The fourth-order valence-electron chi connectivity index (χ4n) is 2.76. The van der Waals surface area contributed by atoms with E-state index in [-0.39, 0.29) is 5.56 Å². The van der Waals surface area contributed by atoms with Crippen molar-refractivity contribution in [2.24, 2.45) is 7.05 Å². The second-order valence-corrected chi connectivity index (χ2v) is 6.64. The minimum atomic E-state index is -0.0301. The van der Waals surface area contributed by atoms with Crippen molar-refractivity contribution < 1.29 is 0 Å². The molecule has 0 aromatic carbocycles. The van der Waals surface area contributed by atoms with Gasteiger partial charge in [0.1, 0.15) is 5.82 Å². The average Bonchev–Trinajstić information content (AvgIpc) is 2.57.